The number of carbonyl (C=O) groups excluding carboxylic acids is 1. The molecule has 1 rings (SSSR count). The van der Waals surface area contributed by atoms with Crippen LogP contribution >= 0.6 is 0 Å². The molecule has 1 aliphatic rings. The number of nitrogens with zero attached hydrogens (tertiary/aromatic N) is 3. The van der Waals surface area contributed by atoms with Crippen molar-refractivity contribution >= 4 is 11.8 Å². The Bertz CT molecular complexity index is 249. The van der Waals surface area contributed by atoms with Crippen molar-refractivity contribution in [2.75, 3.05) is 13.8 Å². The molecule has 0 bridgehead atoms. The van der Waals surface area contributed by atoms with Crippen LogP contribution in [0, 0.1) is 10.1 Å². The molecule has 12 heavy (non-hydrogen) atoms. The second-order valence-corrected chi connectivity index (χ2v) is 1.88. The van der Waals surface area contributed by atoms with Gasteiger partial charge in [-0.1, -0.05) is 0 Å². The van der Waals surface area contributed by atoms with Crippen molar-refractivity contribution < 1.29 is 14.6 Å². The molecule has 0 spiro atoms. The first kappa shape index (κ1) is 8.24. The lowest BCUT2D eigenvalue weighted by Gasteiger charge is -2.04. The van der Waals surface area contributed by atoms with Gasteiger partial charge in [-0.15, -0.1) is 5.10 Å². The average molecular weight is 174 g/mol. The third kappa shape index (κ3) is 1.26. The monoisotopic (exact) mass is 174 g/mol. The van der Waals surface area contributed by atoms with Gasteiger partial charge >= 0.3 is 5.97 Å². The van der Waals surface area contributed by atoms with Crippen molar-refractivity contribution in [3.8, 4) is 0 Å². The maximum absolute atomic E-state index is 10.8. The van der Waals surface area contributed by atoms with E-state index >= 15 is 0 Å². The van der Waals surface area contributed by atoms with Crippen LogP contribution in [0.4, 0.5) is 0 Å². The number of esters is 1. The summed E-state index contributed by atoms with van der Waals surface area (Å²) in [4.78, 5) is 21.0. The number of methoxy groups -OCH3 is 1. The lowest BCUT2D eigenvalue weighted by atomic mass is 10.6. The predicted octanol–water partition coefficient (Wildman–Crippen LogP) is -1.47. The molecule has 0 saturated heterocycles. The molecule has 0 aromatic rings. The lowest BCUT2D eigenvalue weighted by molar-refractivity contribution is -0.627. The second kappa shape index (κ2) is 3.03. The third-order valence-corrected chi connectivity index (χ3v) is 1.22. The van der Waals surface area contributed by atoms with Gasteiger partial charge in [-0.2, -0.15) is 0 Å². The summed E-state index contributed by atoms with van der Waals surface area (Å²) < 4.78 is 4.26. The van der Waals surface area contributed by atoms with E-state index in [-0.39, 0.29) is 12.5 Å². The first-order valence-electron chi connectivity index (χ1n) is 2.97. The Morgan fingerprint density at radius 3 is 3.08 bits per heavy atom. The number of nitro groups is 1. The van der Waals surface area contributed by atoms with Crippen LogP contribution in [-0.2, 0) is 9.53 Å². The van der Waals surface area contributed by atoms with Gasteiger partial charge < -0.3 is 4.74 Å². The van der Waals surface area contributed by atoms with E-state index in [0.717, 1.165) is 7.11 Å². The number of ether oxygens (including phenoxy) is 1. The summed E-state index contributed by atoms with van der Waals surface area (Å²) in [5.41, 5.74) is 2.29. The van der Waals surface area contributed by atoms with Crippen LogP contribution in [0.25, 0.3) is 0 Å². The Morgan fingerprint density at radius 2 is 2.58 bits per heavy atom. The first-order valence-corrected chi connectivity index (χ1v) is 2.97. The Morgan fingerprint density at radius 1 is 1.92 bits per heavy atom. The summed E-state index contributed by atoms with van der Waals surface area (Å²) in [6.07, 6.45) is 0. The molecule has 0 fully saturated rings. The molecule has 0 unspecified atom stereocenters. The van der Waals surface area contributed by atoms with Crippen molar-refractivity contribution in [3.05, 3.63) is 10.1 Å². The maximum Gasteiger partial charge on any atom is 0.381 e. The van der Waals surface area contributed by atoms with Crippen LogP contribution in [0.2, 0.25) is 0 Å². The van der Waals surface area contributed by atoms with E-state index in [2.05, 4.69) is 15.3 Å². The first-order chi connectivity index (χ1) is 5.66. The van der Waals surface area contributed by atoms with E-state index in [1.54, 1.807) is 0 Å². The largest absolute Gasteiger partial charge is 0.463 e. The lowest BCUT2D eigenvalue weighted by Crippen LogP contribution is -2.39. The highest BCUT2D eigenvalue weighted by Gasteiger charge is 2.33. The zero-order chi connectivity index (χ0) is 9.14. The Labute approximate surface area is 66.9 Å². The molecule has 0 aromatic heterocycles. The van der Waals surface area contributed by atoms with E-state index < -0.39 is 11.0 Å². The van der Waals surface area contributed by atoms with Crippen molar-refractivity contribution in [1.29, 1.82) is 0 Å². The van der Waals surface area contributed by atoms with Crippen molar-refractivity contribution in [2.45, 2.75) is 0 Å². The summed E-state index contributed by atoms with van der Waals surface area (Å²) in [5, 5.41) is 13.4. The molecule has 0 aliphatic carbocycles. The smallest absolute Gasteiger partial charge is 0.381 e. The molecular formula is C4H6N4O4. The quantitative estimate of drug-likeness (QED) is 0.311. The Hall–Kier alpha value is -1.86. The van der Waals surface area contributed by atoms with Crippen LogP contribution in [0.5, 0.6) is 0 Å². The van der Waals surface area contributed by atoms with E-state index in [0.29, 0.717) is 5.01 Å². The van der Waals surface area contributed by atoms with Gasteiger partial charge in [0.05, 0.1) is 7.11 Å². The number of hydrazine groups is 1. The molecule has 1 aliphatic heterocycles. The number of hydrogen-bond donors (Lipinski definition) is 1. The summed E-state index contributed by atoms with van der Waals surface area (Å²) >= 11 is 0. The molecule has 8 heteroatoms. The molecule has 0 radical (unpaired) electrons. The maximum atomic E-state index is 10.8. The highest BCUT2D eigenvalue weighted by atomic mass is 16.7. The van der Waals surface area contributed by atoms with Gasteiger partial charge in [0, 0.05) is 0 Å². The summed E-state index contributed by atoms with van der Waals surface area (Å²) in [6.45, 7) is -0.128. The SMILES string of the molecule is COC(=O)C1=NNCN1[N+](=O)[O-]. The van der Waals surface area contributed by atoms with Gasteiger partial charge in [-0.3, -0.25) is 5.43 Å². The van der Waals surface area contributed by atoms with Crippen LogP contribution in [-0.4, -0.2) is 35.6 Å². The summed E-state index contributed by atoms with van der Waals surface area (Å²) in [6, 6.07) is 0. The molecule has 0 saturated carbocycles. The summed E-state index contributed by atoms with van der Waals surface area (Å²) in [7, 11) is 1.13. The van der Waals surface area contributed by atoms with Crippen LogP contribution in [0.3, 0.4) is 0 Å². The molecule has 0 amide bonds. The van der Waals surface area contributed by atoms with Gasteiger partial charge in [0.15, 0.2) is 11.7 Å². The minimum Gasteiger partial charge on any atom is -0.463 e. The fraction of sp³-hybridized carbons (Fsp3) is 0.500. The van der Waals surface area contributed by atoms with E-state index in [4.69, 9.17) is 0 Å². The zero-order valence-corrected chi connectivity index (χ0v) is 6.18. The topological polar surface area (TPSA) is 97.1 Å². The van der Waals surface area contributed by atoms with Crippen LogP contribution < -0.4 is 5.43 Å². The predicted molar refractivity (Wildman–Crippen MR) is 36.3 cm³/mol. The standard InChI is InChI=1S/C4H6N4O4/c1-12-4(9)3-6-5-2-7(3)8(10)11/h5H,2H2,1H3. The molecule has 66 valence electrons. The number of rotatable bonds is 2. The van der Waals surface area contributed by atoms with E-state index in [9.17, 15) is 14.9 Å². The van der Waals surface area contributed by atoms with Crippen molar-refractivity contribution in [1.82, 2.24) is 10.4 Å². The highest BCUT2D eigenvalue weighted by Crippen LogP contribution is 1.98. The van der Waals surface area contributed by atoms with Gasteiger partial charge in [-0.25, -0.2) is 14.9 Å². The number of hydrazone groups is 1. The second-order valence-electron chi connectivity index (χ2n) is 1.88. The Balaban J connectivity index is 2.76. The minimum absolute atomic E-state index is 0.128. The highest BCUT2D eigenvalue weighted by molar-refractivity contribution is 6.35. The molecular weight excluding hydrogens is 168 g/mol. The number of carbonyl (C=O) groups is 1. The van der Waals surface area contributed by atoms with E-state index in [1.807, 2.05) is 0 Å². The number of amidine groups is 1. The van der Waals surface area contributed by atoms with Crippen LogP contribution in [0.1, 0.15) is 0 Å². The fourth-order valence-electron chi connectivity index (χ4n) is 0.687. The molecule has 1 heterocycles. The molecule has 1 N–H and O–H groups in total. The van der Waals surface area contributed by atoms with Gasteiger partial charge in [0.1, 0.15) is 0 Å². The molecule has 0 atom stereocenters. The Kier molecular flexibility index (Phi) is 2.08. The van der Waals surface area contributed by atoms with Crippen molar-refractivity contribution in [3.63, 3.8) is 0 Å². The van der Waals surface area contributed by atoms with Gasteiger partial charge in [-0.05, 0) is 5.01 Å². The molecule has 8 nitrogen and oxygen atoms in total. The van der Waals surface area contributed by atoms with Gasteiger partial charge in [0.25, 0.3) is 5.84 Å². The minimum atomic E-state index is -0.836. The molecule has 0 aromatic carbocycles. The zero-order valence-electron chi connectivity index (χ0n) is 6.18. The van der Waals surface area contributed by atoms with E-state index in [1.165, 1.54) is 0 Å². The third-order valence-electron chi connectivity index (χ3n) is 1.22. The van der Waals surface area contributed by atoms with Crippen LogP contribution in [0.15, 0.2) is 5.10 Å². The number of nitrogens with one attached hydrogen (secondary N) is 1. The fourth-order valence-corrected chi connectivity index (χ4v) is 0.687. The normalized spacial score (nSPS) is 15.1. The average Bonchev–Trinajstić information content (AvgIpc) is 2.50. The van der Waals surface area contributed by atoms with Gasteiger partial charge in [0.2, 0.25) is 0 Å². The number of hydrogen-bond acceptors (Lipinski definition) is 6. The summed E-state index contributed by atoms with van der Waals surface area (Å²) in [5.74, 6) is -1.18. The van der Waals surface area contributed by atoms with Crippen molar-refractivity contribution in [2.24, 2.45) is 5.10 Å².